The molecule has 0 bridgehead atoms. The first-order chi connectivity index (χ1) is 10.2. The Morgan fingerprint density at radius 1 is 0.857 bits per heavy atom. The Hall–Kier alpha value is -0.370. The van der Waals surface area contributed by atoms with Gasteiger partial charge in [0, 0.05) is 6.42 Å². The van der Waals surface area contributed by atoms with Crippen LogP contribution in [0.5, 0.6) is 0 Å². The maximum atomic E-state index is 5.21. The maximum Gasteiger partial charge on any atom is 0.198 e. The van der Waals surface area contributed by atoms with Crippen LogP contribution in [0.3, 0.4) is 0 Å². The Labute approximate surface area is 133 Å². The molecule has 0 spiro atoms. The fourth-order valence-electron chi connectivity index (χ4n) is 3.59. The van der Waals surface area contributed by atoms with E-state index in [9.17, 15) is 0 Å². The number of hydrogen-bond donors (Lipinski definition) is 0. The molecule has 1 unspecified atom stereocenters. The Kier molecular flexibility index (Phi) is 9.23. The number of rotatable bonds is 12. The number of amidine groups is 1. The van der Waals surface area contributed by atoms with E-state index < -0.39 is 0 Å². The Morgan fingerprint density at radius 2 is 1.43 bits per heavy atom. The van der Waals surface area contributed by atoms with Crippen molar-refractivity contribution in [1.29, 1.82) is 0 Å². The molecule has 1 atom stereocenters. The fourth-order valence-corrected chi connectivity index (χ4v) is 3.59. The van der Waals surface area contributed by atoms with Crippen molar-refractivity contribution in [3.8, 4) is 0 Å². The molecule has 0 aliphatic carbocycles. The highest BCUT2D eigenvalue weighted by Crippen LogP contribution is 2.27. The molecule has 2 nitrogen and oxygen atoms in total. The molecule has 1 aliphatic rings. The van der Waals surface area contributed by atoms with E-state index in [-0.39, 0.29) is 0 Å². The highest BCUT2D eigenvalue weighted by atomic mass is 15.4. The first-order valence-corrected chi connectivity index (χ1v) is 9.65. The third-order valence-corrected chi connectivity index (χ3v) is 4.96. The van der Waals surface area contributed by atoms with Crippen LogP contribution in [-0.2, 0) is 0 Å². The Bertz CT molecular complexity index is 288. The number of nitrogens with zero attached hydrogens (tertiary/aromatic N) is 2. The largest absolute Gasteiger partial charge is 0.277 e. The summed E-state index contributed by atoms with van der Waals surface area (Å²) in [6.45, 7) is 13.2. The van der Waals surface area contributed by atoms with Gasteiger partial charge in [0.15, 0.2) is 5.84 Å². The Balaban J connectivity index is 2.80. The quantitative estimate of drug-likeness (QED) is 0.418. The van der Waals surface area contributed by atoms with Crippen molar-refractivity contribution >= 4 is 5.84 Å². The molecule has 2 heteroatoms. The molecule has 0 aromatic carbocycles. The monoisotopic (exact) mass is 295 g/mol. The summed E-state index contributed by atoms with van der Waals surface area (Å²) in [7, 11) is 0. The molecular weight excluding hydrogens is 256 g/mol. The van der Waals surface area contributed by atoms with Crippen LogP contribution in [0.25, 0.3) is 0 Å². The summed E-state index contributed by atoms with van der Waals surface area (Å²) < 4.78 is 1.25. The van der Waals surface area contributed by atoms with Crippen molar-refractivity contribution in [2.24, 2.45) is 4.99 Å². The molecule has 0 amide bonds. The average molecular weight is 296 g/mol. The van der Waals surface area contributed by atoms with Gasteiger partial charge < -0.3 is 0 Å². The van der Waals surface area contributed by atoms with E-state index >= 15 is 0 Å². The molecule has 21 heavy (non-hydrogen) atoms. The minimum absolute atomic E-state index is 0.616. The zero-order valence-corrected chi connectivity index (χ0v) is 15.2. The van der Waals surface area contributed by atoms with Gasteiger partial charge in [0.25, 0.3) is 0 Å². The predicted octanol–water partition coefficient (Wildman–Crippen LogP) is 5.56. The fraction of sp³-hybridized carbons (Fsp3) is 0.947. The molecule has 124 valence electrons. The van der Waals surface area contributed by atoms with E-state index in [4.69, 9.17) is 4.99 Å². The van der Waals surface area contributed by atoms with E-state index in [0.717, 1.165) is 0 Å². The van der Waals surface area contributed by atoms with E-state index in [1.807, 2.05) is 0 Å². The van der Waals surface area contributed by atoms with Gasteiger partial charge in [-0.3, -0.25) is 4.48 Å². The second-order valence-corrected chi connectivity index (χ2v) is 6.93. The first-order valence-electron chi connectivity index (χ1n) is 9.65. The van der Waals surface area contributed by atoms with E-state index in [1.54, 1.807) is 5.84 Å². The minimum Gasteiger partial charge on any atom is -0.277 e. The van der Waals surface area contributed by atoms with Gasteiger partial charge in [-0.2, -0.15) is 0 Å². The summed E-state index contributed by atoms with van der Waals surface area (Å²) in [4.78, 5) is 5.21. The van der Waals surface area contributed by atoms with Crippen molar-refractivity contribution in [2.75, 3.05) is 19.6 Å². The van der Waals surface area contributed by atoms with Crippen molar-refractivity contribution in [3.05, 3.63) is 0 Å². The molecule has 0 saturated carbocycles. The molecule has 0 aromatic rings. The zero-order valence-electron chi connectivity index (χ0n) is 15.2. The summed E-state index contributed by atoms with van der Waals surface area (Å²) in [6.07, 6.45) is 13.1. The predicted molar refractivity (Wildman–Crippen MR) is 95.0 cm³/mol. The minimum atomic E-state index is 0.616. The smallest absolute Gasteiger partial charge is 0.198 e. The van der Waals surface area contributed by atoms with Gasteiger partial charge in [0.05, 0.1) is 13.1 Å². The Morgan fingerprint density at radius 3 is 1.95 bits per heavy atom. The molecule has 0 radical (unpaired) electrons. The number of quaternary nitrogens is 1. The summed E-state index contributed by atoms with van der Waals surface area (Å²) in [5.41, 5.74) is 0. The molecule has 0 N–H and O–H groups in total. The van der Waals surface area contributed by atoms with Crippen LogP contribution in [0.4, 0.5) is 0 Å². The van der Waals surface area contributed by atoms with Crippen molar-refractivity contribution in [2.45, 2.75) is 97.9 Å². The number of aliphatic imine (C=N–C) groups is 1. The lowest BCUT2D eigenvalue weighted by atomic mass is 10.1. The highest BCUT2D eigenvalue weighted by Gasteiger charge is 2.40. The molecule has 1 heterocycles. The van der Waals surface area contributed by atoms with Gasteiger partial charge in [-0.25, -0.2) is 4.99 Å². The molecule has 0 fully saturated rings. The third-order valence-electron chi connectivity index (χ3n) is 4.96. The average Bonchev–Trinajstić information content (AvgIpc) is 2.85. The van der Waals surface area contributed by atoms with Crippen LogP contribution in [0, 0.1) is 0 Å². The second kappa shape index (κ2) is 10.4. The van der Waals surface area contributed by atoms with Crippen LogP contribution in [0.1, 0.15) is 91.9 Å². The van der Waals surface area contributed by atoms with Gasteiger partial charge in [-0.15, -0.1) is 0 Å². The molecule has 0 aromatic heterocycles. The topological polar surface area (TPSA) is 12.4 Å². The van der Waals surface area contributed by atoms with E-state index in [1.165, 1.54) is 88.3 Å². The molecule has 1 aliphatic heterocycles. The van der Waals surface area contributed by atoms with Gasteiger partial charge in [0.2, 0.25) is 0 Å². The molecule has 0 saturated heterocycles. The van der Waals surface area contributed by atoms with Gasteiger partial charge >= 0.3 is 0 Å². The van der Waals surface area contributed by atoms with Crippen LogP contribution >= 0.6 is 0 Å². The lowest BCUT2D eigenvalue weighted by Gasteiger charge is -2.35. The molecule has 1 rings (SSSR count). The highest BCUT2D eigenvalue weighted by molar-refractivity contribution is 5.77. The lowest BCUT2D eigenvalue weighted by molar-refractivity contribution is -0.838. The van der Waals surface area contributed by atoms with Crippen LogP contribution < -0.4 is 0 Å². The third kappa shape index (κ3) is 5.73. The maximum absolute atomic E-state index is 5.21. The van der Waals surface area contributed by atoms with Gasteiger partial charge in [-0.1, -0.05) is 59.8 Å². The van der Waals surface area contributed by atoms with Gasteiger partial charge in [0.1, 0.15) is 12.6 Å². The summed E-state index contributed by atoms with van der Waals surface area (Å²) in [5, 5.41) is 0. The number of unbranched alkanes of at least 4 members (excludes halogenated alkanes) is 4. The summed E-state index contributed by atoms with van der Waals surface area (Å²) >= 11 is 0. The van der Waals surface area contributed by atoms with Crippen LogP contribution in [0.2, 0.25) is 0 Å². The lowest BCUT2D eigenvalue weighted by Crippen LogP contribution is -2.53. The van der Waals surface area contributed by atoms with E-state index in [0.29, 0.717) is 6.04 Å². The standard InChI is InChI=1S/C19H39N2/c1-5-9-13-18-17-21(15-11-7-3,16-12-8-4)19(20-18)14-10-6-2/h18H,5-17H2,1-4H3/q+1. The van der Waals surface area contributed by atoms with Crippen molar-refractivity contribution in [1.82, 2.24) is 0 Å². The zero-order chi connectivity index (χ0) is 15.6. The van der Waals surface area contributed by atoms with Crippen molar-refractivity contribution < 1.29 is 4.48 Å². The van der Waals surface area contributed by atoms with Crippen LogP contribution in [0.15, 0.2) is 4.99 Å². The van der Waals surface area contributed by atoms with Crippen molar-refractivity contribution in [3.63, 3.8) is 0 Å². The summed E-state index contributed by atoms with van der Waals surface area (Å²) in [5.74, 6) is 1.56. The number of hydrogen-bond acceptors (Lipinski definition) is 1. The normalized spacial score (nSPS) is 20.8. The van der Waals surface area contributed by atoms with Crippen LogP contribution in [-0.4, -0.2) is 36.0 Å². The molecular formula is C19H39N2+. The SMILES string of the molecule is CCCCC1=NC(CCCC)C[N+]1(CCCC)CCCC. The summed E-state index contributed by atoms with van der Waals surface area (Å²) in [6, 6.07) is 0.616. The first kappa shape index (κ1) is 18.7. The van der Waals surface area contributed by atoms with E-state index in [2.05, 4.69) is 27.7 Å². The van der Waals surface area contributed by atoms with Gasteiger partial charge in [-0.05, 0) is 25.7 Å². The second-order valence-electron chi connectivity index (χ2n) is 6.93.